The Kier molecular flexibility index (Phi) is 5.35. The second-order valence-corrected chi connectivity index (χ2v) is 6.46. The van der Waals surface area contributed by atoms with Gasteiger partial charge in [-0.2, -0.15) is 0 Å². The van der Waals surface area contributed by atoms with Gasteiger partial charge in [0.05, 0.1) is 6.61 Å². The van der Waals surface area contributed by atoms with Crippen molar-refractivity contribution in [2.24, 2.45) is 0 Å². The van der Waals surface area contributed by atoms with E-state index in [1.165, 1.54) is 17.1 Å². The molecule has 0 unspecified atom stereocenters. The molecule has 0 N–H and O–H groups in total. The van der Waals surface area contributed by atoms with Crippen molar-refractivity contribution in [2.75, 3.05) is 6.61 Å². The van der Waals surface area contributed by atoms with E-state index in [0.29, 0.717) is 12.3 Å². The van der Waals surface area contributed by atoms with Crippen LogP contribution in [0.25, 0.3) is 0 Å². The van der Waals surface area contributed by atoms with E-state index >= 15 is 0 Å². The number of ether oxygens (including phenoxy) is 1. The van der Waals surface area contributed by atoms with Crippen LogP contribution < -0.4 is 0 Å². The average Bonchev–Trinajstić information content (AvgIpc) is 2.87. The molecule has 1 aromatic carbocycles. The van der Waals surface area contributed by atoms with E-state index in [0.717, 1.165) is 14.4 Å². The first-order valence-corrected chi connectivity index (χ1v) is 8.12. The average molecular weight is 359 g/mol. The first-order valence-electron chi connectivity index (χ1n) is 5.57. The molecule has 1 aromatic heterocycles. The molecule has 2 aromatic rings. The lowest BCUT2D eigenvalue weighted by molar-refractivity contribution is 0.0515. The summed E-state index contributed by atoms with van der Waals surface area (Å²) >= 11 is 6.16. The number of hydrogen-bond donors (Lipinski definition) is 0. The summed E-state index contributed by atoms with van der Waals surface area (Å²) < 4.78 is 10.6. The zero-order chi connectivity index (χ0) is 13.7. The van der Waals surface area contributed by atoms with Crippen molar-refractivity contribution in [2.45, 2.75) is 16.9 Å². The molecule has 100 valence electrons. The predicted octanol–water partition coefficient (Wildman–Crippen LogP) is 3.77. The zero-order valence-electron chi connectivity index (χ0n) is 10.1. The summed E-state index contributed by atoms with van der Waals surface area (Å²) in [5, 5.41) is 3.83. The lowest BCUT2D eigenvalue weighted by Crippen LogP contribution is -2.06. The van der Waals surface area contributed by atoms with Gasteiger partial charge in [0.2, 0.25) is 0 Å². The lowest BCUT2D eigenvalue weighted by atomic mass is 10.2. The summed E-state index contributed by atoms with van der Waals surface area (Å²) in [4.78, 5) is 11.6. The van der Waals surface area contributed by atoms with Crippen LogP contribution in [0.5, 0.6) is 0 Å². The van der Waals surface area contributed by atoms with Gasteiger partial charge in [0.1, 0.15) is 4.21 Å². The SMILES string of the molecule is CCOC(=O)c1nnsc1SCc1ccc(Br)cc1. The largest absolute Gasteiger partial charge is 0.461 e. The van der Waals surface area contributed by atoms with Crippen molar-refractivity contribution in [3.8, 4) is 0 Å². The van der Waals surface area contributed by atoms with Crippen molar-refractivity contribution in [3.05, 3.63) is 40.0 Å². The van der Waals surface area contributed by atoms with Gasteiger partial charge >= 0.3 is 5.97 Å². The van der Waals surface area contributed by atoms with Gasteiger partial charge in [-0.1, -0.05) is 32.6 Å². The summed E-state index contributed by atoms with van der Waals surface area (Å²) in [6.45, 7) is 2.11. The monoisotopic (exact) mass is 358 g/mol. The van der Waals surface area contributed by atoms with Gasteiger partial charge in [-0.25, -0.2) is 4.79 Å². The minimum Gasteiger partial charge on any atom is -0.461 e. The van der Waals surface area contributed by atoms with E-state index < -0.39 is 5.97 Å². The molecule has 0 fully saturated rings. The number of halogens is 1. The molecule has 0 spiro atoms. The van der Waals surface area contributed by atoms with Gasteiger partial charge in [-0.15, -0.1) is 16.9 Å². The fraction of sp³-hybridized carbons (Fsp3) is 0.250. The summed E-state index contributed by atoms with van der Waals surface area (Å²) in [5.41, 5.74) is 1.49. The van der Waals surface area contributed by atoms with Crippen LogP contribution in [0, 0.1) is 0 Å². The molecule has 0 aliphatic heterocycles. The van der Waals surface area contributed by atoms with Gasteiger partial charge in [0.15, 0.2) is 5.69 Å². The highest BCUT2D eigenvalue weighted by molar-refractivity contribution is 9.10. The van der Waals surface area contributed by atoms with Crippen LogP contribution in [-0.4, -0.2) is 22.2 Å². The Bertz CT molecular complexity index is 557. The molecule has 0 radical (unpaired) electrons. The Morgan fingerprint density at radius 1 is 1.42 bits per heavy atom. The summed E-state index contributed by atoms with van der Waals surface area (Å²) in [6.07, 6.45) is 0. The van der Waals surface area contributed by atoms with Gasteiger partial charge in [0.25, 0.3) is 0 Å². The van der Waals surface area contributed by atoms with Gasteiger partial charge in [0, 0.05) is 10.2 Å². The maximum Gasteiger partial charge on any atom is 0.361 e. The minimum absolute atomic E-state index is 0.314. The Balaban J connectivity index is 2.02. The molecule has 0 saturated carbocycles. The number of benzene rings is 1. The van der Waals surface area contributed by atoms with E-state index in [4.69, 9.17) is 4.74 Å². The zero-order valence-corrected chi connectivity index (χ0v) is 13.3. The van der Waals surface area contributed by atoms with E-state index in [1.54, 1.807) is 18.7 Å². The Morgan fingerprint density at radius 2 is 2.16 bits per heavy atom. The maximum absolute atomic E-state index is 11.6. The number of carbonyl (C=O) groups is 1. The van der Waals surface area contributed by atoms with Crippen molar-refractivity contribution in [1.82, 2.24) is 9.59 Å². The maximum atomic E-state index is 11.6. The quantitative estimate of drug-likeness (QED) is 0.601. The second-order valence-electron chi connectivity index (χ2n) is 3.54. The number of rotatable bonds is 5. The van der Waals surface area contributed by atoms with Crippen molar-refractivity contribution >= 4 is 45.2 Å². The van der Waals surface area contributed by atoms with Crippen LogP contribution in [0.1, 0.15) is 23.0 Å². The van der Waals surface area contributed by atoms with Crippen LogP contribution in [-0.2, 0) is 10.5 Å². The van der Waals surface area contributed by atoms with Crippen LogP contribution in [0.15, 0.2) is 32.9 Å². The number of aromatic nitrogens is 2. The summed E-state index contributed by atoms with van der Waals surface area (Å²) in [5.74, 6) is 0.360. The summed E-state index contributed by atoms with van der Waals surface area (Å²) in [6, 6.07) is 8.06. The van der Waals surface area contributed by atoms with Gasteiger partial charge in [-0.05, 0) is 36.2 Å². The van der Waals surface area contributed by atoms with Gasteiger partial charge in [-0.3, -0.25) is 0 Å². The third kappa shape index (κ3) is 4.02. The normalized spacial score (nSPS) is 10.4. The van der Waals surface area contributed by atoms with E-state index in [1.807, 2.05) is 24.3 Å². The molecular weight excluding hydrogens is 348 g/mol. The fourth-order valence-corrected chi connectivity index (χ4v) is 3.24. The number of carbonyl (C=O) groups excluding carboxylic acids is 1. The number of thioether (sulfide) groups is 1. The van der Waals surface area contributed by atoms with Crippen molar-refractivity contribution in [1.29, 1.82) is 0 Å². The topological polar surface area (TPSA) is 52.1 Å². The standard InChI is InChI=1S/C12H11BrN2O2S2/c1-2-17-11(16)10-12(19-15-14-10)18-7-8-3-5-9(13)6-4-8/h3-6H,2,7H2,1H3. The minimum atomic E-state index is -0.408. The number of nitrogens with zero attached hydrogens (tertiary/aromatic N) is 2. The second kappa shape index (κ2) is 7.02. The highest BCUT2D eigenvalue weighted by atomic mass is 79.9. The molecular formula is C12H11BrN2O2S2. The molecule has 0 amide bonds. The highest BCUT2D eigenvalue weighted by Gasteiger charge is 2.17. The first kappa shape index (κ1) is 14.5. The molecule has 0 aliphatic carbocycles. The molecule has 4 nitrogen and oxygen atoms in total. The van der Waals surface area contributed by atoms with Crippen molar-refractivity contribution in [3.63, 3.8) is 0 Å². The summed E-state index contributed by atoms with van der Waals surface area (Å²) in [7, 11) is 0. The van der Waals surface area contributed by atoms with E-state index in [9.17, 15) is 4.79 Å². The molecule has 19 heavy (non-hydrogen) atoms. The lowest BCUT2D eigenvalue weighted by Gasteiger charge is -2.02. The first-order chi connectivity index (χ1) is 9.20. The Morgan fingerprint density at radius 3 is 2.84 bits per heavy atom. The van der Waals surface area contributed by atoms with E-state index in [2.05, 4.69) is 25.5 Å². The Labute approximate surface area is 127 Å². The van der Waals surface area contributed by atoms with Crippen LogP contribution in [0.2, 0.25) is 0 Å². The van der Waals surface area contributed by atoms with Crippen LogP contribution >= 0.6 is 39.2 Å². The van der Waals surface area contributed by atoms with Gasteiger partial charge < -0.3 is 4.74 Å². The van der Waals surface area contributed by atoms with Crippen molar-refractivity contribution < 1.29 is 9.53 Å². The predicted molar refractivity (Wildman–Crippen MR) is 79.6 cm³/mol. The van der Waals surface area contributed by atoms with Crippen LogP contribution in [0.3, 0.4) is 0 Å². The number of hydrogen-bond acceptors (Lipinski definition) is 6. The van der Waals surface area contributed by atoms with Crippen LogP contribution in [0.4, 0.5) is 0 Å². The molecule has 2 rings (SSSR count). The molecule has 7 heteroatoms. The molecule has 1 heterocycles. The third-order valence-electron chi connectivity index (χ3n) is 2.21. The molecule has 0 atom stereocenters. The fourth-order valence-electron chi connectivity index (χ4n) is 1.33. The third-order valence-corrected chi connectivity index (χ3v) is 4.77. The van der Waals surface area contributed by atoms with E-state index in [-0.39, 0.29) is 0 Å². The smallest absolute Gasteiger partial charge is 0.361 e. The molecule has 0 saturated heterocycles. The molecule has 0 aliphatic rings. The Hall–Kier alpha value is -0.920. The number of esters is 1. The molecule has 0 bridgehead atoms. The highest BCUT2D eigenvalue weighted by Crippen LogP contribution is 2.29.